The Balaban J connectivity index is 1.79. The molecule has 0 amide bonds. The maximum Gasteiger partial charge on any atom is 0.0197 e. The first kappa shape index (κ1) is 12.6. The largest absolute Gasteiger partial charge is 0.310 e. The Morgan fingerprint density at radius 1 is 1.35 bits per heavy atom. The van der Waals surface area contributed by atoms with Crippen molar-refractivity contribution in [3.63, 3.8) is 0 Å². The van der Waals surface area contributed by atoms with Crippen LogP contribution in [0.25, 0.3) is 0 Å². The van der Waals surface area contributed by atoms with Crippen molar-refractivity contribution in [2.75, 3.05) is 20.1 Å². The van der Waals surface area contributed by atoms with Crippen LogP contribution >= 0.6 is 0 Å². The number of hydrogen-bond acceptors (Lipinski definition) is 2. The Morgan fingerprint density at radius 3 is 2.82 bits per heavy atom. The van der Waals surface area contributed by atoms with Crippen LogP contribution in [0, 0.1) is 0 Å². The molecule has 0 aliphatic carbocycles. The molecular weight excluding hydrogens is 208 g/mol. The van der Waals surface area contributed by atoms with Crippen molar-refractivity contribution in [2.45, 2.75) is 38.3 Å². The second kappa shape index (κ2) is 6.18. The standard InChI is InChI=1S/C15H24N2/c1-13(11-14-7-4-3-5-8-14)16-15-9-6-10-17(2)12-15/h3-5,7-8,13,15-16H,6,9-12H2,1-2H3. The topological polar surface area (TPSA) is 15.3 Å². The molecule has 0 aromatic heterocycles. The normalized spacial score (nSPS) is 23.5. The van der Waals surface area contributed by atoms with E-state index in [-0.39, 0.29) is 0 Å². The molecule has 2 nitrogen and oxygen atoms in total. The van der Waals surface area contributed by atoms with E-state index >= 15 is 0 Å². The molecule has 1 aliphatic rings. The minimum absolute atomic E-state index is 0.564. The van der Waals surface area contributed by atoms with Crippen molar-refractivity contribution in [1.82, 2.24) is 10.2 Å². The zero-order valence-corrected chi connectivity index (χ0v) is 11.0. The fourth-order valence-electron chi connectivity index (χ4n) is 2.73. The van der Waals surface area contributed by atoms with Gasteiger partial charge in [0.2, 0.25) is 0 Å². The van der Waals surface area contributed by atoms with Crippen LogP contribution in [-0.4, -0.2) is 37.1 Å². The Morgan fingerprint density at radius 2 is 2.12 bits per heavy atom. The SMILES string of the molecule is CC(Cc1ccccc1)NC1CCCN(C)C1. The number of benzene rings is 1. The molecule has 0 spiro atoms. The van der Waals surface area contributed by atoms with E-state index in [1.807, 2.05) is 0 Å². The van der Waals surface area contributed by atoms with Crippen LogP contribution in [0.3, 0.4) is 0 Å². The molecule has 17 heavy (non-hydrogen) atoms. The van der Waals surface area contributed by atoms with Gasteiger partial charge >= 0.3 is 0 Å². The lowest BCUT2D eigenvalue weighted by molar-refractivity contribution is 0.218. The van der Waals surface area contributed by atoms with E-state index in [1.54, 1.807) is 0 Å². The van der Waals surface area contributed by atoms with Gasteiger partial charge in [0.05, 0.1) is 0 Å². The van der Waals surface area contributed by atoms with Crippen molar-refractivity contribution in [3.8, 4) is 0 Å². The van der Waals surface area contributed by atoms with E-state index in [0.29, 0.717) is 12.1 Å². The lowest BCUT2D eigenvalue weighted by atomic mass is 10.0. The van der Waals surface area contributed by atoms with E-state index in [4.69, 9.17) is 0 Å². The molecule has 2 heteroatoms. The van der Waals surface area contributed by atoms with E-state index in [9.17, 15) is 0 Å². The highest BCUT2D eigenvalue weighted by Crippen LogP contribution is 2.10. The summed E-state index contributed by atoms with van der Waals surface area (Å²) in [4.78, 5) is 2.43. The quantitative estimate of drug-likeness (QED) is 0.857. The van der Waals surface area contributed by atoms with Gasteiger partial charge in [0, 0.05) is 18.6 Å². The van der Waals surface area contributed by atoms with Gasteiger partial charge in [-0.2, -0.15) is 0 Å². The molecule has 1 saturated heterocycles. The highest BCUT2D eigenvalue weighted by Gasteiger charge is 2.18. The van der Waals surface area contributed by atoms with Crippen LogP contribution < -0.4 is 5.32 Å². The molecule has 2 unspecified atom stereocenters. The van der Waals surface area contributed by atoms with Crippen molar-refractivity contribution in [2.24, 2.45) is 0 Å². The third-order valence-electron chi connectivity index (χ3n) is 3.53. The van der Waals surface area contributed by atoms with Gasteiger partial charge in [-0.25, -0.2) is 0 Å². The van der Waals surface area contributed by atoms with Gasteiger partial charge in [-0.15, -0.1) is 0 Å². The number of rotatable bonds is 4. The van der Waals surface area contributed by atoms with E-state index in [2.05, 4.69) is 54.5 Å². The van der Waals surface area contributed by atoms with Crippen molar-refractivity contribution in [3.05, 3.63) is 35.9 Å². The zero-order chi connectivity index (χ0) is 12.1. The van der Waals surface area contributed by atoms with Gasteiger partial charge in [0.15, 0.2) is 0 Å². The third kappa shape index (κ3) is 4.14. The maximum absolute atomic E-state index is 3.76. The average molecular weight is 232 g/mol. The molecule has 2 rings (SSSR count). The monoisotopic (exact) mass is 232 g/mol. The van der Waals surface area contributed by atoms with Crippen LogP contribution in [0.2, 0.25) is 0 Å². The Hall–Kier alpha value is -0.860. The molecule has 0 radical (unpaired) electrons. The number of likely N-dealkylation sites (tertiary alicyclic amines) is 1. The van der Waals surface area contributed by atoms with Gasteiger partial charge in [-0.1, -0.05) is 30.3 Å². The molecule has 1 fully saturated rings. The Kier molecular flexibility index (Phi) is 4.57. The molecule has 1 aliphatic heterocycles. The minimum Gasteiger partial charge on any atom is -0.310 e. The van der Waals surface area contributed by atoms with Gasteiger partial charge in [-0.05, 0) is 45.3 Å². The predicted molar refractivity (Wildman–Crippen MR) is 73.3 cm³/mol. The zero-order valence-electron chi connectivity index (χ0n) is 11.0. The van der Waals surface area contributed by atoms with Gasteiger partial charge in [0.1, 0.15) is 0 Å². The van der Waals surface area contributed by atoms with Crippen molar-refractivity contribution >= 4 is 0 Å². The lowest BCUT2D eigenvalue weighted by Gasteiger charge is -2.32. The molecular formula is C15H24N2. The second-order valence-electron chi connectivity index (χ2n) is 5.36. The minimum atomic E-state index is 0.564. The summed E-state index contributed by atoms with van der Waals surface area (Å²) in [6.45, 7) is 4.74. The summed E-state index contributed by atoms with van der Waals surface area (Å²) in [5.74, 6) is 0. The summed E-state index contributed by atoms with van der Waals surface area (Å²) in [5.41, 5.74) is 1.43. The summed E-state index contributed by atoms with van der Waals surface area (Å²) in [6, 6.07) is 12.0. The molecule has 0 bridgehead atoms. The van der Waals surface area contributed by atoms with Gasteiger partial charge in [-0.3, -0.25) is 0 Å². The third-order valence-corrected chi connectivity index (χ3v) is 3.53. The van der Waals surface area contributed by atoms with E-state index in [0.717, 1.165) is 6.42 Å². The highest BCUT2D eigenvalue weighted by atomic mass is 15.1. The number of likely N-dealkylation sites (N-methyl/N-ethyl adjacent to an activating group) is 1. The first-order chi connectivity index (χ1) is 8.24. The summed E-state index contributed by atoms with van der Waals surface area (Å²) in [5, 5.41) is 3.76. The number of nitrogens with one attached hydrogen (secondary N) is 1. The second-order valence-corrected chi connectivity index (χ2v) is 5.36. The van der Waals surface area contributed by atoms with Gasteiger partial charge in [0.25, 0.3) is 0 Å². The molecule has 1 aromatic carbocycles. The van der Waals surface area contributed by atoms with Crippen molar-refractivity contribution in [1.29, 1.82) is 0 Å². The maximum atomic E-state index is 3.76. The predicted octanol–water partition coefficient (Wildman–Crippen LogP) is 2.30. The molecule has 94 valence electrons. The van der Waals surface area contributed by atoms with Crippen LogP contribution in [0.4, 0.5) is 0 Å². The van der Waals surface area contributed by atoms with E-state index in [1.165, 1.54) is 31.5 Å². The highest BCUT2D eigenvalue weighted by molar-refractivity contribution is 5.15. The fraction of sp³-hybridized carbons (Fsp3) is 0.600. The summed E-state index contributed by atoms with van der Waals surface area (Å²) < 4.78 is 0. The average Bonchev–Trinajstić information content (AvgIpc) is 2.30. The summed E-state index contributed by atoms with van der Waals surface area (Å²) in [7, 11) is 2.22. The fourth-order valence-corrected chi connectivity index (χ4v) is 2.73. The summed E-state index contributed by atoms with van der Waals surface area (Å²) in [6.07, 6.45) is 3.77. The van der Waals surface area contributed by atoms with Gasteiger partial charge < -0.3 is 10.2 Å². The van der Waals surface area contributed by atoms with E-state index < -0.39 is 0 Å². The van der Waals surface area contributed by atoms with Crippen LogP contribution in [-0.2, 0) is 6.42 Å². The molecule has 0 saturated carbocycles. The number of piperidine rings is 1. The first-order valence-electron chi connectivity index (χ1n) is 6.72. The molecule has 1 aromatic rings. The summed E-state index contributed by atoms with van der Waals surface area (Å²) >= 11 is 0. The molecule has 1 N–H and O–H groups in total. The Bertz CT molecular complexity index is 323. The number of nitrogens with zero attached hydrogens (tertiary/aromatic N) is 1. The first-order valence-corrected chi connectivity index (χ1v) is 6.72. The molecule has 1 heterocycles. The lowest BCUT2D eigenvalue weighted by Crippen LogP contribution is -2.47. The van der Waals surface area contributed by atoms with Crippen LogP contribution in [0.15, 0.2) is 30.3 Å². The van der Waals surface area contributed by atoms with Crippen molar-refractivity contribution < 1.29 is 0 Å². The van der Waals surface area contributed by atoms with Crippen LogP contribution in [0.1, 0.15) is 25.3 Å². The Labute approximate surface area is 105 Å². The smallest absolute Gasteiger partial charge is 0.0197 e. The molecule has 2 atom stereocenters. The number of hydrogen-bond donors (Lipinski definition) is 1. The van der Waals surface area contributed by atoms with Crippen LogP contribution in [0.5, 0.6) is 0 Å².